The van der Waals surface area contributed by atoms with Crippen LogP contribution in [0.2, 0.25) is 0 Å². The third-order valence-electron chi connectivity index (χ3n) is 2.55. The van der Waals surface area contributed by atoms with Crippen LogP contribution in [0.1, 0.15) is 30.6 Å². The van der Waals surface area contributed by atoms with Crippen LogP contribution in [0.3, 0.4) is 0 Å². The van der Waals surface area contributed by atoms with E-state index in [1.54, 1.807) is 19.1 Å². The molecule has 0 spiro atoms. The Morgan fingerprint density at radius 3 is 2.70 bits per heavy atom. The fraction of sp³-hybridized carbons (Fsp3) is 0.429. The topological polar surface area (TPSA) is 93.5 Å². The number of ether oxygens (including phenoxy) is 1. The van der Waals surface area contributed by atoms with Crippen LogP contribution in [0.15, 0.2) is 18.2 Å². The fourth-order valence-corrected chi connectivity index (χ4v) is 1.60. The standard InChI is InChI=1S/C14H21N3O3/c1-3-7-16-13(18)9-17-12-6-5-10(15)8-11(12)14(19)20-4-2/h5-6,8,17H,3-4,7,9,15H2,1-2H3,(H,16,18). The number of amides is 1. The summed E-state index contributed by atoms with van der Waals surface area (Å²) in [5.74, 6) is -0.588. The molecule has 1 amide bonds. The highest BCUT2D eigenvalue weighted by Gasteiger charge is 2.13. The van der Waals surface area contributed by atoms with E-state index in [4.69, 9.17) is 10.5 Å². The molecule has 0 saturated heterocycles. The van der Waals surface area contributed by atoms with Gasteiger partial charge < -0.3 is 21.1 Å². The molecule has 0 aliphatic carbocycles. The molecule has 1 aromatic carbocycles. The monoisotopic (exact) mass is 279 g/mol. The van der Waals surface area contributed by atoms with Gasteiger partial charge in [-0.15, -0.1) is 0 Å². The maximum atomic E-state index is 11.8. The average molecular weight is 279 g/mol. The van der Waals surface area contributed by atoms with Crippen molar-refractivity contribution in [2.75, 3.05) is 30.7 Å². The number of nitrogen functional groups attached to an aromatic ring is 1. The molecular formula is C14H21N3O3. The minimum atomic E-state index is -0.462. The van der Waals surface area contributed by atoms with Gasteiger partial charge in [0.15, 0.2) is 0 Å². The van der Waals surface area contributed by atoms with Crippen LogP contribution in [0.4, 0.5) is 11.4 Å². The molecule has 0 radical (unpaired) electrons. The van der Waals surface area contributed by atoms with E-state index in [2.05, 4.69) is 10.6 Å². The highest BCUT2D eigenvalue weighted by atomic mass is 16.5. The Morgan fingerprint density at radius 2 is 2.05 bits per heavy atom. The first kappa shape index (κ1) is 15.8. The van der Waals surface area contributed by atoms with Crippen molar-refractivity contribution in [2.45, 2.75) is 20.3 Å². The minimum Gasteiger partial charge on any atom is -0.462 e. The van der Waals surface area contributed by atoms with Crippen LogP contribution in [-0.2, 0) is 9.53 Å². The molecule has 20 heavy (non-hydrogen) atoms. The van der Waals surface area contributed by atoms with E-state index >= 15 is 0 Å². The molecule has 0 heterocycles. The summed E-state index contributed by atoms with van der Waals surface area (Å²) in [5, 5.41) is 5.67. The molecular weight excluding hydrogens is 258 g/mol. The zero-order chi connectivity index (χ0) is 15.0. The molecule has 1 aromatic rings. The van der Waals surface area contributed by atoms with Crippen LogP contribution in [0.25, 0.3) is 0 Å². The second-order valence-electron chi connectivity index (χ2n) is 4.23. The number of nitrogens with two attached hydrogens (primary N) is 1. The first-order chi connectivity index (χ1) is 9.58. The summed E-state index contributed by atoms with van der Waals surface area (Å²) in [6.45, 7) is 4.72. The third kappa shape index (κ3) is 4.79. The number of hydrogen-bond donors (Lipinski definition) is 3. The molecule has 0 aliphatic rings. The number of rotatable bonds is 7. The van der Waals surface area contributed by atoms with Crippen LogP contribution in [0.5, 0.6) is 0 Å². The lowest BCUT2D eigenvalue weighted by molar-refractivity contribution is -0.119. The molecule has 0 atom stereocenters. The van der Waals surface area contributed by atoms with Crippen molar-refractivity contribution in [1.29, 1.82) is 0 Å². The number of carbonyl (C=O) groups excluding carboxylic acids is 2. The van der Waals surface area contributed by atoms with Gasteiger partial charge in [-0.3, -0.25) is 4.79 Å². The summed E-state index contributed by atoms with van der Waals surface area (Å²) < 4.78 is 4.96. The molecule has 0 unspecified atom stereocenters. The molecule has 110 valence electrons. The Kier molecular flexibility index (Phi) is 6.36. The summed E-state index contributed by atoms with van der Waals surface area (Å²) in [4.78, 5) is 23.4. The predicted molar refractivity (Wildman–Crippen MR) is 78.6 cm³/mol. The maximum Gasteiger partial charge on any atom is 0.340 e. The van der Waals surface area contributed by atoms with Crippen molar-refractivity contribution in [1.82, 2.24) is 5.32 Å². The summed E-state index contributed by atoms with van der Waals surface area (Å²) in [6, 6.07) is 4.86. The van der Waals surface area contributed by atoms with Gasteiger partial charge in [0, 0.05) is 17.9 Å². The van der Waals surface area contributed by atoms with Gasteiger partial charge >= 0.3 is 5.97 Å². The molecule has 6 nitrogen and oxygen atoms in total. The molecule has 0 fully saturated rings. The summed E-state index contributed by atoms with van der Waals surface area (Å²) in [6.07, 6.45) is 0.877. The Hall–Kier alpha value is -2.24. The quantitative estimate of drug-likeness (QED) is 0.518. The average Bonchev–Trinajstić information content (AvgIpc) is 2.43. The number of hydrogen-bond acceptors (Lipinski definition) is 5. The Bertz CT molecular complexity index is 475. The highest BCUT2D eigenvalue weighted by molar-refractivity contribution is 5.97. The van der Waals surface area contributed by atoms with E-state index in [-0.39, 0.29) is 19.1 Å². The predicted octanol–water partition coefficient (Wildman–Crippen LogP) is 1.38. The highest BCUT2D eigenvalue weighted by Crippen LogP contribution is 2.19. The van der Waals surface area contributed by atoms with E-state index < -0.39 is 5.97 Å². The van der Waals surface area contributed by atoms with Gasteiger partial charge in [-0.1, -0.05) is 6.92 Å². The lowest BCUT2D eigenvalue weighted by Gasteiger charge is -2.12. The van der Waals surface area contributed by atoms with Gasteiger partial charge in [0.1, 0.15) is 0 Å². The smallest absolute Gasteiger partial charge is 0.340 e. The summed E-state index contributed by atoms with van der Waals surface area (Å²) >= 11 is 0. The normalized spacial score (nSPS) is 9.90. The van der Waals surface area contributed by atoms with E-state index in [0.717, 1.165) is 6.42 Å². The zero-order valence-corrected chi connectivity index (χ0v) is 11.9. The number of benzene rings is 1. The van der Waals surface area contributed by atoms with Crippen molar-refractivity contribution >= 4 is 23.3 Å². The first-order valence-electron chi connectivity index (χ1n) is 6.65. The lowest BCUT2D eigenvalue weighted by atomic mass is 10.1. The number of esters is 1. The summed E-state index contributed by atoms with van der Waals surface area (Å²) in [7, 11) is 0. The van der Waals surface area contributed by atoms with E-state index in [1.165, 1.54) is 6.07 Å². The largest absolute Gasteiger partial charge is 0.462 e. The van der Waals surface area contributed by atoms with Gasteiger partial charge in [-0.05, 0) is 31.5 Å². The van der Waals surface area contributed by atoms with E-state index in [0.29, 0.717) is 23.5 Å². The lowest BCUT2D eigenvalue weighted by Crippen LogP contribution is -2.30. The van der Waals surface area contributed by atoms with E-state index in [9.17, 15) is 9.59 Å². The third-order valence-corrected chi connectivity index (χ3v) is 2.55. The van der Waals surface area contributed by atoms with Crippen molar-refractivity contribution in [3.05, 3.63) is 23.8 Å². The molecule has 6 heteroatoms. The van der Waals surface area contributed by atoms with Crippen molar-refractivity contribution in [3.63, 3.8) is 0 Å². The molecule has 0 saturated carbocycles. The van der Waals surface area contributed by atoms with Crippen LogP contribution in [-0.4, -0.2) is 31.6 Å². The molecule has 4 N–H and O–H groups in total. The van der Waals surface area contributed by atoms with Crippen molar-refractivity contribution < 1.29 is 14.3 Å². The van der Waals surface area contributed by atoms with Gasteiger partial charge in [0.2, 0.25) is 5.91 Å². The molecule has 0 bridgehead atoms. The maximum absolute atomic E-state index is 11.8. The van der Waals surface area contributed by atoms with Gasteiger partial charge in [0.25, 0.3) is 0 Å². The Labute approximate surface area is 118 Å². The number of nitrogens with one attached hydrogen (secondary N) is 2. The van der Waals surface area contributed by atoms with Gasteiger partial charge in [-0.2, -0.15) is 0 Å². The van der Waals surface area contributed by atoms with Crippen LogP contribution >= 0.6 is 0 Å². The van der Waals surface area contributed by atoms with Crippen LogP contribution in [0, 0.1) is 0 Å². The van der Waals surface area contributed by atoms with Gasteiger partial charge in [-0.25, -0.2) is 4.79 Å². The van der Waals surface area contributed by atoms with Gasteiger partial charge in [0.05, 0.1) is 18.7 Å². The molecule has 1 rings (SSSR count). The first-order valence-corrected chi connectivity index (χ1v) is 6.65. The Morgan fingerprint density at radius 1 is 1.30 bits per heavy atom. The SMILES string of the molecule is CCCNC(=O)CNc1ccc(N)cc1C(=O)OCC. The summed E-state index contributed by atoms with van der Waals surface area (Å²) in [5.41, 5.74) is 7.00. The van der Waals surface area contributed by atoms with Crippen molar-refractivity contribution in [2.24, 2.45) is 0 Å². The number of anilines is 2. The van der Waals surface area contributed by atoms with Crippen LogP contribution < -0.4 is 16.4 Å². The molecule has 0 aliphatic heterocycles. The Balaban J connectivity index is 2.73. The fourth-order valence-electron chi connectivity index (χ4n) is 1.60. The number of carbonyl (C=O) groups is 2. The van der Waals surface area contributed by atoms with Crippen molar-refractivity contribution in [3.8, 4) is 0 Å². The second-order valence-corrected chi connectivity index (χ2v) is 4.23. The van der Waals surface area contributed by atoms with E-state index in [1.807, 2.05) is 6.92 Å². The zero-order valence-electron chi connectivity index (χ0n) is 11.9. The minimum absolute atomic E-state index is 0.0936. The second kappa shape index (κ2) is 8.04. The molecule has 0 aromatic heterocycles.